The molecule has 0 bridgehead atoms. The number of benzene rings is 3. The van der Waals surface area contributed by atoms with Gasteiger partial charge in [0.1, 0.15) is 18.4 Å². The summed E-state index contributed by atoms with van der Waals surface area (Å²) in [6, 6.07) is 22.7. The molecule has 6 heteroatoms. The van der Waals surface area contributed by atoms with E-state index < -0.39 is 0 Å². The monoisotopic (exact) mass is 476 g/mol. The Bertz CT molecular complexity index is 1390. The van der Waals surface area contributed by atoms with Crippen molar-refractivity contribution in [3.8, 4) is 5.75 Å². The molecule has 2 aliphatic heterocycles. The molecule has 3 aromatic rings. The van der Waals surface area contributed by atoms with E-state index in [1.54, 1.807) is 0 Å². The molecule has 1 N–H and O–H groups in total. The SMILES string of the molecule is C=CC1Oc2c(NC(=O)Cc3ccc(C)cc3)cc(C3(C4=NN=NC4)CC3)cc2C1c1ccccc1. The number of aryl methyl sites for hydroxylation is 1. The van der Waals surface area contributed by atoms with Crippen molar-refractivity contribution in [2.75, 3.05) is 11.9 Å². The van der Waals surface area contributed by atoms with Crippen LogP contribution in [0.25, 0.3) is 0 Å². The Morgan fingerprint density at radius 1 is 1.14 bits per heavy atom. The van der Waals surface area contributed by atoms with Gasteiger partial charge in [-0.1, -0.05) is 78.9 Å². The van der Waals surface area contributed by atoms with Gasteiger partial charge in [-0.15, -0.1) is 5.10 Å². The summed E-state index contributed by atoms with van der Waals surface area (Å²) in [5.74, 6) is 0.628. The zero-order valence-electron chi connectivity index (χ0n) is 20.3. The number of nitrogens with one attached hydrogen (secondary N) is 1. The summed E-state index contributed by atoms with van der Waals surface area (Å²) in [5.41, 5.74) is 7.01. The molecule has 2 unspecified atom stereocenters. The molecule has 1 fully saturated rings. The Hall–Kier alpha value is -4.06. The molecule has 1 aliphatic carbocycles. The predicted octanol–water partition coefficient (Wildman–Crippen LogP) is 6.11. The van der Waals surface area contributed by atoms with Crippen LogP contribution in [0.2, 0.25) is 0 Å². The van der Waals surface area contributed by atoms with Gasteiger partial charge in [0.25, 0.3) is 0 Å². The molecule has 0 spiro atoms. The zero-order chi connectivity index (χ0) is 24.7. The smallest absolute Gasteiger partial charge is 0.228 e. The highest BCUT2D eigenvalue weighted by molar-refractivity contribution is 6.01. The number of fused-ring (bicyclic) bond motifs is 1. The van der Waals surface area contributed by atoms with Crippen molar-refractivity contribution in [3.63, 3.8) is 0 Å². The Labute approximate surface area is 210 Å². The Morgan fingerprint density at radius 2 is 1.92 bits per heavy atom. The molecule has 2 heterocycles. The largest absolute Gasteiger partial charge is 0.483 e. The summed E-state index contributed by atoms with van der Waals surface area (Å²) < 4.78 is 6.43. The molecule has 1 amide bonds. The van der Waals surface area contributed by atoms with Gasteiger partial charge >= 0.3 is 0 Å². The van der Waals surface area contributed by atoms with E-state index in [1.807, 2.05) is 55.5 Å². The van der Waals surface area contributed by atoms with Gasteiger partial charge in [-0.2, -0.15) is 5.11 Å². The number of amides is 1. The lowest BCUT2D eigenvalue weighted by atomic mass is 9.83. The lowest BCUT2D eigenvalue weighted by Gasteiger charge is -2.20. The van der Waals surface area contributed by atoms with E-state index in [0.29, 0.717) is 24.4 Å². The summed E-state index contributed by atoms with van der Waals surface area (Å²) in [6.07, 6.45) is 3.90. The van der Waals surface area contributed by atoms with Crippen LogP contribution in [0.5, 0.6) is 5.75 Å². The van der Waals surface area contributed by atoms with Gasteiger partial charge in [-0.05, 0) is 47.7 Å². The fourth-order valence-electron chi connectivity index (χ4n) is 5.40. The van der Waals surface area contributed by atoms with Crippen molar-refractivity contribution in [3.05, 3.63) is 107 Å². The first-order chi connectivity index (χ1) is 17.6. The van der Waals surface area contributed by atoms with E-state index in [2.05, 4.69) is 51.6 Å². The van der Waals surface area contributed by atoms with Gasteiger partial charge < -0.3 is 10.1 Å². The number of rotatable bonds is 7. The van der Waals surface area contributed by atoms with Crippen LogP contribution in [0.1, 0.15) is 46.6 Å². The summed E-state index contributed by atoms with van der Waals surface area (Å²) in [7, 11) is 0. The zero-order valence-corrected chi connectivity index (χ0v) is 20.3. The molecule has 3 aromatic carbocycles. The summed E-state index contributed by atoms with van der Waals surface area (Å²) in [6.45, 7) is 6.61. The van der Waals surface area contributed by atoms with Gasteiger partial charge in [0.2, 0.25) is 5.91 Å². The topological polar surface area (TPSA) is 75.4 Å². The van der Waals surface area contributed by atoms with Crippen LogP contribution in [0.4, 0.5) is 5.69 Å². The van der Waals surface area contributed by atoms with Crippen molar-refractivity contribution in [1.29, 1.82) is 0 Å². The third-order valence-corrected chi connectivity index (χ3v) is 7.49. The van der Waals surface area contributed by atoms with Gasteiger partial charge in [-0.25, -0.2) is 0 Å². The summed E-state index contributed by atoms with van der Waals surface area (Å²) >= 11 is 0. The number of hydrogen-bond donors (Lipinski definition) is 1. The second-order valence-electron chi connectivity index (χ2n) is 9.88. The minimum atomic E-state index is -0.227. The molecular formula is C30H28N4O2. The average molecular weight is 477 g/mol. The van der Waals surface area contributed by atoms with Gasteiger partial charge in [0.15, 0.2) is 0 Å². The minimum absolute atomic E-state index is 0.0120. The van der Waals surface area contributed by atoms with Crippen LogP contribution >= 0.6 is 0 Å². The highest BCUT2D eigenvalue weighted by atomic mass is 16.5. The number of nitrogens with zero attached hydrogens (tertiary/aromatic N) is 3. The lowest BCUT2D eigenvalue weighted by molar-refractivity contribution is -0.115. The first-order valence-corrected chi connectivity index (χ1v) is 12.4. The molecule has 180 valence electrons. The third-order valence-electron chi connectivity index (χ3n) is 7.49. The second-order valence-corrected chi connectivity index (χ2v) is 9.88. The van der Waals surface area contributed by atoms with E-state index >= 15 is 0 Å². The molecule has 0 radical (unpaired) electrons. The van der Waals surface area contributed by atoms with Crippen LogP contribution in [0.3, 0.4) is 0 Å². The maximum atomic E-state index is 13.2. The van der Waals surface area contributed by atoms with Crippen LogP contribution in [0, 0.1) is 6.92 Å². The maximum absolute atomic E-state index is 13.2. The molecule has 0 aromatic heterocycles. The standard InChI is InChI=1S/C30H28N4O2/c1-3-25-28(21-7-5-4-6-8-21)23-16-22(30(13-14-30)26-18-31-34-33-26)17-24(29(23)36-25)32-27(35)15-20-11-9-19(2)10-12-20/h3-12,16-17,25,28H,1,13-15,18H2,2H3,(H,32,35). The van der Waals surface area contributed by atoms with Crippen LogP contribution in [-0.2, 0) is 16.6 Å². The second kappa shape index (κ2) is 8.86. The van der Waals surface area contributed by atoms with E-state index in [4.69, 9.17) is 4.74 Å². The molecule has 2 atom stereocenters. The maximum Gasteiger partial charge on any atom is 0.228 e. The number of hydrogen-bond acceptors (Lipinski definition) is 5. The third kappa shape index (κ3) is 3.92. The first-order valence-electron chi connectivity index (χ1n) is 12.4. The molecule has 6 nitrogen and oxygen atoms in total. The van der Waals surface area contributed by atoms with Crippen molar-refractivity contribution in [2.24, 2.45) is 15.4 Å². The molecular weight excluding hydrogens is 448 g/mol. The highest BCUT2D eigenvalue weighted by Crippen LogP contribution is 2.55. The molecule has 36 heavy (non-hydrogen) atoms. The molecule has 0 saturated heterocycles. The van der Waals surface area contributed by atoms with Crippen molar-refractivity contribution in [1.82, 2.24) is 0 Å². The lowest BCUT2D eigenvalue weighted by Crippen LogP contribution is -2.23. The Balaban J connectivity index is 1.41. The van der Waals surface area contributed by atoms with Crippen LogP contribution in [-0.4, -0.2) is 24.3 Å². The van der Waals surface area contributed by atoms with Crippen LogP contribution in [0.15, 0.2) is 94.8 Å². The fraction of sp³-hybridized carbons (Fsp3) is 0.267. The Morgan fingerprint density at radius 3 is 2.58 bits per heavy atom. The van der Waals surface area contributed by atoms with Crippen LogP contribution < -0.4 is 10.1 Å². The van der Waals surface area contributed by atoms with E-state index in [1.165, 1.54) is 5.56 Å². The fourth-order valence-corrected chi connectivity index (χ4v) is 5.40. The van der Waals surface area contributed by atoms with Crippen molar-refractivity contribution < 1.29 is 9.53 Å². The van der Waals surface area contributed by atoms with E-state index in [0.717, 1.165) is 40.8 Å². The first kappa shape index (κ1) is 22.4. The average Bonchev–Trinajstić information content (AvgIpc) is 3.33. The number of anilines is 1. The molecule has 1 saturated carbocycles. The Kier molecular flexibility index (Phi) is 5.52. The summed E-state index contributed by atoms with van der Waals surface area (Å²) in [4.78, 5) is 13.2. The van der Waals surface area contributed by atoms with Gasteiger partial charge in [-0.3, -0.25) is 4.79 Å². The molecule has 3 aliphatic rings. The van der Waals surface area contributed by atoms with Gasteiger partial charge in [0, 0.05) is 11.0 Å². The van der Waals surface area contributed by atoms with Crippen molar-refractivity contribution >= 4 is 17.3 Å². The normalized spacial score (nSPS) is 20.9. The van der Waals surface area contributed by atoms with Gasteiger partial charge in [0.05, 0.1) is 23.7 Å². The highest BCUT2D eigenvalue weighted by Gasteiger charge is 2.51. The number of carbonyl (C=O) groups is 1. The summed E-state index contributed by atoms with van der Waals surface area (Å²) in [5, 5.41) is 15.5. The van der Waals surface area contributed by atoms with Crippen molar-refractivity contribution in [2.45, 2.75) is 43.6 Å². The van der Waals surface area contributed by atoms with E-state index in [9.17, 15) is 4.79 Å². The molecule has 6 rings (SSSR count). The minimum Gasteiger partial charge on any atom is -0.483 e. The quantitative estimate of drug-likeness (QED) is 0.418. The number of carbonyl (C=O) groups excluding carboxylic acids is 1. The number of ether oxygens (including phenoxy) is 1. The predicted molar refractivity (Wildman–Crippen MR) is 141 cm³/mol. The van der Waals surface area contributed by atoms with E-state index in [-0.39, 0.29) is 23.3 Å².